The second-order valence-corrected chi connectivity index (χ2v) is 19.1. The van der Waals surface area contributed by atoms with Crippen LogP contribution in [-0.2, 0) is 56.2 Å². The molecule has 0 bridgehead atoms. The molecule has 1 aromatic heterocycles. The normalized spacial score (nSPS) is 13.9. The van der Waals surface area contributed by atoms with Crippen LogP contribution in [0.1, 0.15) is 70.3 Å². The smallest absolute Gasteiger partial charge is 0.408 e. The van der Waals surface area contributed by atoms with Crippen molar-refractivity contribution < 1.29 is 72.0 Å². The predicted molar refractivity (Wildman–Crippen MR) is 279 cm³/mol. The highest BCUT2D eigenvalue weighted by molar-refractivity contribution is 6.14. The molecule has 78 heavy (non-hydrogen) atoms. The molecule has 22 nitrogen and oxygen atoms in total. The highest BCUT2D eigenvalue weighted by Gasteiger charge is 2.42. The number of hydrogen-bond donors (Lipinski definition) is 9. The van der Waals surface area contributed by atoms with E-state index in [0.29, 0.717) is 33.2 Å². The van der Waals surface area contributed by atoms with E-state index in [1.54, 1.807) is 42.6 Å². The number of carbonyl (C=O) groups excluding carboxylic acids is 8. The molecule has 4 aromatic rings. The number of amides is 8. The number of benzene rings is 3. The molecule has 3 aromatic carbocycles. The number of nitrogens with two attached hydrogens (primary N) is 1. The summed E-state index contributed by atoms with van der Waals surface area (Å²) in [4.78, 5) is 119. The van der Waals surface area contributed by atoms with Gasteiger partial charge in [0, 0.05) is 54.8 Å². The van der Waals surface area contributed by atoms with Gasteiger partial charge in [0.2, 0.25) is 29.5 Å². The Balaban J connectivity index is 0.00000317. The number of ether oxygens (including phenoxy) is 1. The summed E-state index contributed by atoms with van der Waals surface area (Å²) in [6.45, 7) is 6.82. The molecule has 0 radical (unpaired) electrons. The Morgan fingerprint density at radius 1 is 0.756 bits per heavy atom. The van der Waals surface area contributed by atoms with E-state index in [9.17, 15) is 52.6 Å². The molecule has 10 N–H and O–H groups in total. The molecule has 8 amide bonds. The van der Waals surface area contributed by atoms with Crippen LogP contribution in [0.3, 0.4) is 0 Å². The third-order valence-electron chi connectivity index (χ3n) is 11.9. The molecule has 0 saturated carbocycles. The van der Waals surface area contributed by atoms with Crippen LogP contribution < -0.4 is 32.3 Å². The lowest BCUT2D eigenvalue weighted by atomic mass is 9.84. The number of carboxylic acids is 1. The number of primary amides is 1. The number of hydrogen-bond acceptors (Lipinski definition) is 13. The Morgan fingerprint density at radius 2 is 1.36 bits per heavy atom. The number of imide groups is 1. The fourth-order valence-electron chi connectivity index (χ4n) is 8.11. The lowest BCUT2D eigenvalue weighted by Gasteiger charge is -2.38. The first-order chi connectivity index (χ1) is 36.9. The van der Waals surface area contributed by atoms with Crippen LogP contribution in [0.4, 0.5) is 13.6 Å². The number of nitrogens with one attached hydrogen (secondary N) is 5. The topological polar surface area (TPSA) is 321 Å². The largest absolute Gasteiger partial charge is 0.480 e. The third-order valence-corrected chi connectivity index (χ3v) is 11.9. The number of carboxylic acid groups (broad SMARTS) is 1. The second kappa shape index (κ2) is 29.8. The maximum absolute atomic E-state index is 15.3. The SMILES string of the molecule is C[C@@H](NC(=O)OCc1ccccc1)C(=O)N[C@H](C)C(=O)N([C@@H](CC(N)=O)C(=O)O)[C@@H](CCN[C@@H](c1cc(-c2cc(F)ccc2F)cn1Cc1ccccc1)C(C)(C)C)C(=O)NCCNC(=O)CN1C(=O)C=CC1=O.OCCO. The maximum atomic E-state index is 15.3. The van der Waals surface area contributed by atoms with Gasteiger partial charge in [0.1, 0.15) is 49.0 Å². The van der Waals surface area contributed by atoms with Gasteiger partial charge in [0.25, 0.3) is 11.8 Å². The summed E-state index contributed by atoms with van der Waals surface area (Å²) in [6, 6.07) is 15.5. The van der Waals surface area contributed by atoms with Crippen molar-refractivity contribution in [2.45, 2.75) is 90.8 Å². The van der Waals surface area contributed by atoms with Crippen LogP contribution in [-0.4, -0.2) is 147 Å². The number of carbonyl (C=O) groups is 9. The Bertz CT molecular complexity index is 2750. The molecule has 5 atom stereocenters. The van der Waals surface area contributed by atoms with E-state index in [1.165, 1.54) is 13.8 Å². The van der Waals surface area contributed by atoms with E-state index in [2.05, 4.69) is 26.6 Å². The van der Waals surface area contributed by atoms with Gasteiger partial charge in [-0.15, -0.1) is 0 Å². The summed E-state index contributed by atoms with van der Waals surface area (Å²) < 4.78 is 36.9. The van der Waals surface area contributed by atoms with E-state index >= 15 is 4.39 Å². The maximum Gasteiger partial charge on any atom is 0.408 e. The van der Waals surface area contributed by atoms with Crippen molar-refractivity contribution in [3.05, 3.63) is 132 Å². The summed E-state index contributed by atoms with van der Waals surface area (Å²) in [7, 11) is 0. The van der Waals surface area contributed by atoms with Crippen molar-refractivity contribution in [1.29, 1.82) is 0 Å². The predicted octanol–water partition coefficient (Wildman–Crippen LogP) is 2.02. The molecule has 2 heterocycles. The van der Waals surface area contributed by atoms with Gasteiger partial charge in [-0.1, -0.05) is 81.4 Å². The average Bonchev–Trinajstić information content (AvgIpc) is 3.98. The Hall–Kier alpha value is -8.35. The van der Waals surface area contributed by atoms with Gasteiger partial charge >= 0.3 is 12.1 Å². The number of aliphatic carboxylic acids is 1. The Kier molecular flexibility index (Phi) is 23.8. The van der Waals surface area contributed by atoms with Crippen molar-refractivity contribution in [3.63, 3.8) is 0 Å². The van der Waals surface area contributed by atoms with Gasteiger partial charge < -0.3 is 61.8 Å². The molecular weight excluding hydrogens is 1020 g/mol. The van der Waals surface area contributed by atoms with Crippen molar-refractivity contribution in [1.82, 2.24) is 41.0 Å². The van der Waals surface area contributed by atoms with E-state index in [-0.39, 0.29) is 51.4 Å². The summed E-state index contributed by atoms with van der Waals surface area (Å²) in [5, 5.41) is 39.1. The highest BCUT2D eigenvalue weighted by atomic mass is 19.1. The molecule has 0 saturated heterocycles. The highest BCUT2D eigenvalue weighted by Crippen LogP contribution is 2.37. The van der Waals surface area contributed by atoms with E-state index in [0.717, 1.165) is 35.9 Å². The summed E-state index contributed by atoms with van der Waals surface area (Å²) in [5.41, 5.74) is 7.39. The van der Waals surface area contributed by atoms with Gasteiger partial charge in [-0.2, -0.15) is 0 Å². The molecule has 0 unspecified atom stereocenters. The third kappa shape index (κ3) is 18.7. The van der Waals surface area contributed by atoms with Gasteiger partial charge in [-0.25, -0.2) is 18.4 Å². The van der Waals surface area contributed by atoms with E-state index in [1.807, 2.05) is 55.7 Å². The number of rotatable bonds is 26. The fraction of sp³-hybridized carbons (Fsp3) is 0.389. The minimum Gasteiger partial charge on any atom is -0.480 e. The summed E-state index contributed by atoms with van der Waals surface area (Å²) in [5.74, 6) is -9.34. The first-order valence-electron chi connectivity index (χ1n) is 24.8. The Morgan fingerprint density at radius 3 is 1.94 bits per heavy atom. The Labute approximate surface area is 449 Å². The summed E-state index contributed by atoms with van der Waals surface area (Å²) >= 11 is 0. The lowest BCUT2D eigenvalue weighted by molar-refractivity contribution is -0.157. The molecule has 0 spiro atoms. The molecule has 5 rings (SSSR count). The minimum atomic E-state index is -2.08. The van der Waals surface area contributed by atoms with E-state index < -0.39 is 114 Å². The van der Waals surface area contributed by atoms with E-state index in [4.69, 9.17) is 20.7 Å². The zero-order chi connectivity index (χ0) is 57.7. The number of halogens is 2. The van der Waals surface area contributed by atoms with Crippen LogP contribution in [0.15, 0.2) is 103 Å². The van der Waals surface area contributed by atoms with Crippen molar-refractivity contribution >= 4 is 53.4 Å². The van der Waals surface area contributed by atoms with Gasteiger partial charge in [0.15, 0.2) is 0 Å². The molecule has 0 fully saturated rings. The zero-order valence-corrected chi connectivity index (χ0v) is 43.9. The monoisotopic (exact) mass is 1090 g/mol. The van der Waals surface area contributed by atoms with Crippen LogP contribution in [0.5, 0.6) is 0 Å². The molecule has 420 valence electrons. The van der Waals surface area contributed by atoms with Crippen LogP contribution in [0.2, 0.25) is 0 Å². The average molecular weight is 1090 g/mol. The molecule has 1 aliphatic rings. The van der Waals surface area contributed by atoms with Crippen LogP contribution in [0, 0.1) is 17.0 Å². The van der Waals surface area contributed by atoms with Crippen LogP contribution in [0.25, 0.3) is 11.1 Å². The number of aliphatic hydroxyl groups is 2. The first kappa shape index (κ1) is 62.2. The molecular formula is C54H67F2N9O13. The fourth-order valence-corrected chi connectivity index (χ4v) is 8.11. The van der Waals surface area contributed by atoms with Crippen LogP contribution >= 0.6 is 0 Å². The minimum absolute atomic E-state index is 0.00590. The summed E-state index contributed by atoms with van der Waals surface area (Å²) in [6.07, 6.45) is 1.41. The number of nitrogens with zero attached hydrogens (tertiary/aromatic N) is 3. The van der Waals surface area contributed by atoms with Crippen molar-refractivity contribution in [3.8, 4) is 11.1 Å². The molecule has 0 aliphatic carbocycles. The van der Waals surface area contributed by atoms with Crippen molar-refractivity contribution in [2.24, 2.45) is 11.1 Å². The molecule has 1 aliphatic heterocycles. The second-order valence-electron chi connectivity index (χ2n) is 19.1. The lowest BCUT2D eigenvalue weighted by Crippen LogP contribution is -2.62. The standard InChI is InChI=1S/C52H61F2N9O11.C2H6O2/c1-31(60-51(73)74-30-34-14-10-7-11-15-34)47(68)59-32(2)49(70)63(41(50(71)72)26-42(55)64)39(48(69)58-23-22-56-43(65)29-62-44(66)18-19-45(62)67)20-21-57-46(52(3,4)5)40-24-35(37-25-36(53)16-17-38(37)54)28-61(40)27-33-12-8-6-9-13-33;3-1-2-4/h6-19,24-25,28,31-32,39,41,46,57H,20-23,26-27,29-30H2,1-5H3,(H2,55,64)(H,56,65)(H,58,69)(H,59,68)(H,60,73)(H,71,72);3-4H,1-2H2/t31-,32-,39+,41+,46+;/m1./s1. The first-order valence-corrected chi connectivity index (χ1v) is 24.8. The van der Waals surface area contributed by atoms with Gasteiger partial charge in [-0.05, 0) is 67.6 Å². The van der Waals surface area contributed by atoms with Crippen molar-refractivity contribution in [2.75, 3.05) is 39.4 Å². The molecule has 24 heteroatoms. The quantitative estimate of drug-likeness (QED) is 0.0321. The zero-order valence-electron chi connectivity index (χ0n) is 43.9. The van der Waals surface area contributed by atoms with Gasteiger partial charge in [0.05, 0.1) is 25.7 Å². The number of alkyl carbamates (subject to hydrolysis) is 1. The number of aliphatic hydroxyl groups excluding tert-OH is 2. The van der Waals surface area contributed by atoms with Gasteiger partial charge in [-0.3, -0.25) is 38.5 Å². The number of aromatic nitrogens is 1.